The van der Waals surface area contributed by atoms with E-state index in [0.717, 1.165) is 0 Å². The number of aliphatic hydroxyl groups is 1. The topological polar surface area (TPSA) is 102 Å². The molecule has 1 heterocycles. The molecule has 1 saturated heterocycles. The highest BCUT2D eigenvalue weighted by Crippen LogP contribution is 2.43. The van der Waals surface area contributed by atoms with Crippen LogP contribution in [-0.4, -0.2) is 43.6 Å². The number of ketones is 1. The van der Waals surface area contributed by atoms with E-state index in [1.807, 2.05) is 0 Å². The van der Waals surface area contributed by atoms with Gasteiger partial charge in [0.2, 0.25) is 0 Å². The van der Waals surface area contributed by atoms with E-state index < -0.39 is 29.5 Å². The number of ether oxygens (including phenoxy) is 3. The lowest BCUT2D eigenvalue weighted by Crippen LogP contribution is -2.29. The van der Waals surface area contributed by atoms with Crippen LogP contribution in [0, 0.1) is 0 Å². The second kappa shape index (κ2) is 10.8. The molecule has 1 fully saturated rings. The van der Waals surface area contributed by atoms with Crippen LogP contribution in [0.15, 0.2) is 72.3 Å². The second-order valence-electron chi connectivity index (χ2n) is 8.06. The first-order valence-corrected chi connectivity index (χ1v) is 11.7. The number of nitrogens with zero attached hydrogens (tertiary/aromatic N) is 1. The van der Waals surface area contributed by atoms with Gasteiger partial charge in [-0.15, -0.1) is 0 Å². The van der Waals surface area contributed by atoms with E-state index in [2.05, 4.69) is 0 Å². The molecule has 0 bridgehead atoms. The second-order valence-corrected chi connectivity index (χ2v) is 8.46. The van der Waals surface area contributed by atoms with Crippen molar-refractivity contribution in [3.8, 4) is 11.5 Å². The maximum Gasteiger partial charge on any atom is 0.338 e. The van der Waals surface area contributed by atoms with Crippen molar-refractivity contribution in [2.45, 2.75) is 13.0 Å². The van der Waals surface area contributed by atoms with Crippen LogP contribution in [-0.2, 0) is 14.3 Å². The maximum absolute atomic E-state index is 13.4. The van der Waals surface area contributed by atoms with Gasteiger partial charge in [-0.1, -0.05) is 23.7 Å². The van der Waals surface area contributed by atoms with E-state index >= 15 is 0 Å². The minimum absolute atomic E-state index is 0.139. The van der Waals surface area contributed by atoms with E-state index in [-0.39, 0.29) is 22.8 Å². The Morgan fingerprint density at radius 2 is 1.57 bits per heavy atom. The standard InChI is InChI=1S/C28H24ClNO7/c1-4-37-28(34)17-5-9-18(10-6-17)30-24(16-7-11-19(35-2)12-8-16)23(26(32)27(30)33)25(31)21-15-20(36-3)13-14-22(21)29/h5-15,24,31H,4H2,1-3H3/b25-23+. The molecule has 190 valence electrons. The fourth-order valence-electron chi connectivity index (χ4n) is 4.13. The zero-order chi connectivity index (χ0) is 26.7. The molecule has 9 heteroatoms. The summed E-state index contributed by atoms with van der Waals surface area (Å²) >= 11 is 6.35. The zero-order valence-electron chi connectivity index (χ0n) is 20.4. The predicted molar refractivity (Wildman–Crippen MR) is 138 cm³/mol. The van der Waals surface area contributed by atoms with Gasteiger partial charge in [0.15, 0.2) is 0 Å². The summed E-state index contributed by atoms with van der Waals surface area (Å²) in [6.07, 6.45) is 0. The minimum Gasteiger partial charge on any atom is -0.507 e. The molecule has 0 aliphatic carbocycles. The number of anilines is 1. The van der Waals surface area contributed by atoms with Crippen molar-refractivity contribution >= 4 is 40.7 Å². The smallest absolute Gasteiger partial charge is 0.338 e. The number of hydrogen-bond donors (Lipinski definition) is 1. The molecule has 3 aromatic carbocycles. The Kier molecular flexibility index (Phi) is 7.50. The highest BCUT2D eigenvalue weighted by Gasteiger charge is 2.47. The molecule has 3 aromatic rings. The number of esters is 1. The number of carbonyl (C=O) groups excluding carboxylic acids is 3. The Labute approximate surface area is 218 Å². The number of hydrogen-bond acceptors (Lipinski definition) is 7. The summed E-state index contributed by atoms with van der Waals surface area (Å²) < 4.78 is 15.5. The molecule has 0 spiro atoms. The van der Waals surface area contributed by atoms with Gasteiger partial charge >= 0.3 is 5.97 Å². The van der Waals surface area contributed by atoms with Gasteiger partial charge in [0.25, 0.3) is 11.7 Å². The molecule has 0 saturated carbocycles. The average molecular weight is 522 g/mol. The van der Waals surface area contributed by atoms with Gasteiger partial charge in [-0.05, 0) is 67.1 Å². The number of carbonyl (C=O) groups is 3. The lowest BCUT2D eigenvalue weighted by Gasteiger charge is -2.26. The lowest BCUT2D eigenvalue weighted by molar-refractivity contribution is -0.132. The minimum atomic E-state index is -0.985. The van der Waals surface area contributed by atoms with E-state index in [9.17, 15) is 19.5 Å². The Morgan fingerprint density at radius 3 is 2.16 bits per heavy atom. The summed E-state index contributed by atoms with van der Waals surface area (Å²) in [4.78, 5) is 40.1. The Bertz CT molecular complexity index is 1380. The van der Waals surface area contributed by atoms with Crippen molar-refractivity contribution in [2.75, 3.05) is 25.7 Å². The van der Waals surface area contributed by atoms with Gasteiger partial charge in [-0.2, -0.15) is 0 Å². The van der Waals surface area contributed by atoms with Crippen molar-refractivity contribution in [3.05, 3.63) is 94.0 Å². The van der Waals surface area contributed by atoms with Gasteiger partial charge in [0, 0.05) is 11.3 Å². The highest BCUT2D eigenvalue weighted by atomic mass is 35.5. The summed E-state index contributed by atoms with van der Waals surface area (Å²) in [7, 11) is 2.99. The van der Waals surface area contributed by atoms with Crippen molar-refractivity contribution in [2.24, 2.45) is 0 Å². The summed E-state index contributed by atoms with van der Waals surface area (Å²) in [5, 5.41) is 11.5. The highest BCUT2D eigenvalue weighted by molar-refractivity contribution is 6.52. The third-order valence-electron chi connectivity index (χ3n) is 5.96. The van der Waals surface area contributed by atoms with Gasteiger partial charge < -0.3 is 19.3 Å². The molecule has 1 aliphatic rings. The number of amides is 1. The first kappa shape index (κ1) is 25.8. The van der Waals surface area contributed by atoms with Crippen molar-refractivity contribution < 1.29 is 33.7 Å². The number of benzene rings is 3. The first-order valence-electron chi connectivity index (χ1n) is 11.4. The van der Waals surface area contributed by atoms with Crippen LogP contribution < -0.4 is 14.4 Å². The van der Waals surface area contributed by atoms with E-state index in [1.54, 1.807) is 49.4 Å². The number of methoxy groups -OCH3 is 2. The molecule has 4 rings (SSSR count). The molecule has 8 nitrogen and oxygen atoms in total. The summed E-state index contributed by atoms with van der Waals surface area (Å²) in [5.41, 5.74) is 1.21. The fraction of sp³-hybridized carbons (Fsp3) is 0.179. The summed E-state index contributed by atoms with van der Waals surface area (Å²) in [6.45, 7) is 1.93. The van der Waals surface area contributed by atoms with Gasteiger partial charge in [-0.25, -0.2) is 4.79 Å². The summed E-state index contributed by atoms with van der Waals surface area (Å²) in [5.74, 6) is -1.67. The molecule has 1 amide bonds. The molecule has 1 N–H and O–H groups in total. The third-order valence-corrected chi connectivity index (χ3v) is 6.29. The molecular weight excluding hydrogens is 498 g/mol. The Morgan fingerprint density at radius 1 is 0.946 bits per heavy atom. The fourth-order valence-corrected chi connectivity index (χ4v) is 4.34. The molecule has 1 unspecified atom stereocenters. The number of rotatable bonds is 7. The average Bonchev–Trinajstić information content (AvgIpc) is 3.19. The molecular formula is C28H24ClNO7. The van der Waals surface area contributed by atoms with Crippen LogP contribution in [0.3, 0.4) is 0 Å². The molecule has 1 atom stereocenters. The monoisotopic (exact) mass is 521 g/mol. The van der Waals surface area contributed by atoms with E-state index in [1.165, 1.54) is 43.4 Å². The summed E-state index contributed by atoms with van der Waals surface area (Å²) in [6, 6.07) is 16.6. The van der Waals surface area contributed by atoms with Gasteiger partial charge in [0.1, 0.15) is 17.3 Å². The SMILES string of the molecule is CCOC(=O)c1ccc(N2C(=O)C(=O)/C(=C(/O)c3cc(OC)ccc3Cl)C2c2ccc(OC)cc2)cc1. The van der Waals surface area contributed by atoms with Crippen LogP contribution in [0.2, 0.25) is 5.02 Å². The largest absolute Gasteiger partial charge is 0.507 e. The van der Waals surface area contributed by atoms with Crippen molar-refractivity contribution in [3.63, 3.8) is 0 Å². The maximum atomic E-state index is 13.4. The van der Waals surface area contributed by atoms with Crippen LogP contribution in [0.5, 0.6) is 11.5 Å². The third kappa shape index (κ3) is 4.88. The first-order chi connectivity index (χ1) is 17.8. The van der Waals surface area contributed by atoms with Gasteiger partial charge in [-0.3, -0.25) is 14.5 Å². The van der Waals surface area contributed by atoms with Crippen LogP contribution in [0.1, 0.15) is 34.5 Å². The van der Waals surface area contributed by atoms with Gasteiger partial charge in [0.05, 0.1) is 43.0 Å². The van der Waals surface area contributed by atoms with E-state index in [0.29, 0.717) is 28.3 Å². The molecule has 0 radical (unpaired) electrons. The Balaban J connectivity index is 1.89. The molecule has 37 heavy (non-hydrogen) atoms. The Hall–Kier alpha value is -4.30. The predicted octanol–water partition coefficient (Wildman–Crippen LogP) is 5.16. The van der Waals surface area contributed by atoms with Crippen molar-refractivity contribution in [1.82, 2.24) is 0 Å². The van der Waals surface area contributed by atoms with Crippen LogP contribution in [0.25, 0.3) is 5.76 Å². The number of aliphatic hydroxyl groups excluding tert-OH is 1. The molecule has 1 aliphatic heterocycles. The number of halogens is 1. The van der Waals surface area contributed by atoms with Crippen molar-refractivity contribution in [1.29, 1.82) is 0 Å². The number of Topliss-reactive ketones (excluding diaryl/α,β-unsaturated/α-hetero) is 1. The van der Waals surface area contributed by atoms with Crippen LogP contribution in [0.4, 0.5) is 5.69 Å². The zero-order valence-corrected chi connectivity index (χ0v) is 21.1. The van der Waals surface area contributed by atoms with Crippen LogP contribution >= 0.6 is 11.6 Å². The quantitative estimate of drug-likeness (QED) is 0.198. The normalized spacial score (nSPS) is 16.5. The van der Waals surface area contributed by atoms with E-state index in [4.69, 9.17) is 25.8 Å². The lowest BCUT2D eigenvalue weighted by atomic mass is 9.95. The molecule has 0 aromatic heterocycles.